The number of aromatic hydroxyl groups is 1. The van der Waals surface area contributed by atoms with Crippen LogP contribution in [0.2, 0.25) is 5.02 Å². The zero-order valence-electron chi connectivity index (χ0n) is 21.1. The highest BCUT2D eigenvalue weighted by Crippen LogP contribution is 2.45. The number of rotatable bonds is 6. The molecule has 4 aromatic rings. The number of phenols is 1. The molecule has 2 aliphatic rings. The van der Waals surface area contributed by atoms with E-state index >= 15 is 0 Å². The Morgan fingerprint density at radius 2 is 1.95 bits per heavy atom. The summed E-state index contributed by atoms with van der Waals surface area (Å²) in [6.45, 7) is 1.95. The minimum atomic E-state index is -1.02. The lowest BCUT2D eigenvalue weighted by atomic mass is 9.94. The second kappa shape index (κ2) is 10.6. The largest absolute Gasteiger partial charge is 0.508 e. The van der Waals surface area contributed by atoms with E-state index in [0.717, 1.165) is 28.2 Å². The van der Waals surface area contributed by atoms with Gasteiger partial charge in [0.1, 0.15) is 23.4 Å². The van der Waals surface area contributed by atoms with Gasteiger partial charge < -0.3 is 14.9 Å². The molecule has 2 N–H and O–H groups in total. The fourth-order valence-electron chi connectivity index (χ4n) is 4.88. The van der Waals surface area contributed by atoms with E-state index in [9.17, 15) is 19.8 Å². The quantitative estimate of drug-likeness (QED) is 0.0904. The number of Topliss-reactive ketones (excluding diaryl/α,β-unsaturated/α-hetero) is 1. The van der Waals surface area contributed by atoms with Crippen LogP contribution in [0.5, 0.6) is 11.5 Å². The van der Waals surface area contributed by atoms with Crippen molar-refractivity contribution >= 4 is 57.3 Å². The molecule has 0 saturated carbocycles. The van der Waals surface area contributed by atoms with Crippen LogP contribution < -0.4 is 9.64 Å². The first kappa shape index (κ1) is 26.4. The van der Waals surface area contributed by atoms with Crippen molar-refractivity contribution in [2.24, 2.45) is 0 Å². The molecule has 0 aliphatic carbocycles. The van der Waals surface area contributed by atoms with Crippen LogP contribution in [0.15, 0.2) is 76.6 Å². The predicted octanol–water partition coefficient (Wildman–Crippen LogP) is 6.14. The molecule has 0 radical (unpaired) electrons. The van der Waals surface area contributed by atoms with Crippen molar-refractivity contribution in [2.75, 3.05) is 4.90 Å². The zero-order valence-corrected chi connectivity index (χ0v) is 23.5. The third-order valence-electron chi connectivity index (χ3n) is 6.71. The van der Waals surface area contributed by atoms with E-state index in [1.165, 1.54) is 28.8 Å². The number of benzene rings is 3. The van der Waals surface area contributed by atoms with E-state index in [0.29, 0.717) is 32.7 Å². The summed E-state index contributed by atoms with van der Waals surface area (Å²) in [5.74, 6) is -0.772. The van der Waals surface area contributed by atoms with Crippen LogP contribution in [0.25, 0.3) is 5.76 Å². The fraction of sp³-hybridized carbons (Fsp3) is 0.172. The number of amides is 1. The van der Waals surface area contributed by atoms with Gasteiger partial charge in [0.2, 0.25) is 5.13 Å². The van der Waals surface area contributed by atoms with Gasteiger partial charge in [-0.2, -0.15) is 0 Å². The highest BCUT2D eigenvalue weighted by Gasteiger charge is 2.48. The van der Waals surface area contributed by atoms with Crippen LogP contribution in [0.3, 0.4) is 0 Å². The molecular formula is C29H22ClN3O5S2. The predicted molar refractivity (Wildman–Crippen MR) is 154 cm³/mol. The Morgan fingerprint density at radius 1 is 1.12 bits per heavy atom. The first-order chi connectivity index (χ1) is 19.3. The minimum absolute atomic E-state index is 0.00709. The van der Waals surface area contributed by atoms with Crippen LogP contribution in [-0.4, -0.2) is 38.2 Å². The van der Waals surface area contributed by atoms with Crippen LogP contribution >= 0.6 is 34.7 Å². The number of anilines is 1. The number of carbonyl (C=O) groups excluding carboxylic acids is 2. The first-order valence-electron chi connectivity index (χ1n) is 12.4. The number of hydrogen-bond donors (Lipinski definition) is 2. The lowest BCUT2D eigenvalue weighted by Gasteiger charge is -2.22. The highest BCUT2D eigenvalue weighted by atomic mass is 35.5. The molecule has 0 spiro atoms. The third-order valence-corrected chi connectivity index (χ3v) is 9.18. The van der Waals surface area contributed by atoms with Crippen LogP contribution in [0, 0.1) is 0 Å². The number of halogens is 1. The fourth-order valence-corrected chi connectivity index (χ4v) is 7.03. The molecule has 8 nitrogen and oxygen atoms in total. The Morgan fingerprint density at radius 3 is 2.75 bits per heavy atom. The van der Waals surface area contributed by atoms with Gasteiger partial charge in [-0.05, 0) is 60.0 Å². The Bertz CT molecular complexity index is 1690. The van der Waals surface area contributed by atoms with Gasteiger partial charge in [-0.1, -0.05) is 65.0 Å². The number of thioether (sulfide) groups is 1. The summed E-state index contributed by atoms with van der Waals surface area (Å²) in [5.41, 5.74) is 2.58. The number of phenolic OH excluding ortho intramolecular Hbond substituents is 1. The topological polar surface area (TPSA) is 113 Å². The number of aliphatic hydroxyl groups excluding tert-OH is 1. The normalized spacial score (nSPS) is 19.6. The molecule has 202 valence electrons. The number of carbonyl (C=O) groups is 2. The molecule has 0 bridgehead atoms. The van der Waals surface area contributed by atoms with E-state index in [1.807, 2.05) is 31.2 Å². The van der Waals surface area contributed by atoms with Crippen molar-refractivity contribution in [1.82, 2.24) is 10.2 Å². The summed E-state index contributed by atoms with van der Waals surface area (Å²) in [6.07, 6.45) is 0.674. The van der Waals surface area contributed by atoms with Crippen molar-refractivity contribution in [3.05, 3.63) is 99.6 Å². The van der Waals surface area contributed by atoms with E-state index < -0.39 is 17.7 Å². The minimum Gasteiger partial charge on any atom is -0.508 e. The molecule has 3 heterocycles. The number of hydrogen-bond acceptors (Lipinski definition) is 9. The first-order valence-corrected chi connectivity index (χ1v) is 14.6. The van der Waals surface area contributed by atoms with Crippen molar-refractivity contribution in [1.29, 1.82) is 0 Å². The molecule has 11 heteroatoms. The Hall–Kier alpha value is -3.86. The van der Waals surface area contributed by atoms with Crippen LogP contribution in [-0.2, 0) is 21.8 Å². The smallest absolute Gasteiger partial charge is 0.301 e. The van der Waals surface area contributed by atoms with E-state index in [1.54, 1.807) is 30.3 Å². The summed E-state index contributed by atoms with van der Waals surface area (Å²) in [7, 11) is 0. The standard InChI is InChI=1S/C29H22ClN3O5S2/c1-15-11-19-12-17(9-10-22(19)38-15)25(35)23-24(16-6-4-7-20(34)13-16)33(27(37)26(23)36)28-31-32-29(40-28)39-14-18-5-2-3-8-21(18)30/h2-10,12-13,15,24,34-35H,11,14H2,1H3/t15-,24+/m0/s1. The van der Waals surface area contributed by atoms with E-state index in [-0.39, 0.29) is 28.3 Å². The molecule has 1 saturated heterocycles. The second-order valence-electron chi connectivity index (χ2n) is 9.45. The highest BCUT2D eigenvalue weighted by molar-refractivity contribution is 8.00. The van der Waals surface area contributed by atoms with Crippen LogP contribution in [0.1, 0.15) is 35.2 Å². The average Bonchev–Trinajstić information content (AvgIpc) is 3.63. The maximum atomic E-state index is 13.5. The molecule has 2 aliphatic heterocycles. The SMILES string of the molecule is C[C@H]1Cc2cc(C(O)=C3C(=O)C(=O)N(c4nnc(SCc5ccccc5Cl)s4)[C@@H]3c3cccc(O)c3)ccc2O1. The van der Waals surface area contributed by atoms with E-state index in [4.69, 9.17) is 16.3 Å². The van der Waals surface area contributed by atoms with Gasteiger partial charge in [-0.25, -0.2) is 0 Å². The van der Waals surface area contributed by atoms with Crippen molar-refractivity contribution in [3.8, 4) is 11.5 Å². The number of aromatic nitrogens is 2. The van der Waals surface area contributed by atoms with Crippen molar-refractivity contribution in [3.63, 3.8) is 0 Å². The van der Waals surface area contributed by atoms with Gasteiger partial charge >= 0.3 is 5.91 Å². The summed E-state index contributed by atoms with van der Waals surface area (Å²) in [4.78, 5) is 28.1. The average molecular weight is 592 g/mol. The Balaban J connectivity index is 1.39. The van der Waals surface area contributed by atoms with Gasteiger partial charge in [0.15, 0.2) is 4.34 Å². The van der Waals surface area contributed by atoms with Crippen LogP contribution in [0.4, 0.5) is 5.13 Å². The Labute approximate surface area is 242 Å². The number of fused-ring (bicyclic) bond motifs is 1. The van der Waals surface area contributed by atoms with Gasteiger partial charge in [-0.3, -0.25) is 14.5 Å². The summed E-state index contributed by atoms with van der Waals surface area (Å²) in [6, 6.07) is 17.9. The summed E-state index contributed by atoms with van der Waals surface area (Å²) >= 11 is 8.84. The van der Waals surface area contributed by atoms with Crippen molar-refractivity contribution < 1.29 is 24.5 Å². The monoisotopic (exact) mass is 591 g/mol. The molecule has 1 aromatic heterocycles. The van der Waals surface area contributed by atoms with Gasteiger partial charge in [0, 0.05) is 22.8 Å². The molecule has 0 unspecified atom stereocenters. The molecule has 2 atom stereocenters. The molecule has 6 rings (SSSR count). The molecule has 3 aromatic carbocycles. The van der Waals surface area contributed by atoms with Gasteiger partial charge in [-0.15, -0.1) is 10.2 Å². The molecular weight excluding hydrogens is 570 g/mol. The lowest BCUT2D eigenvalue weighted by Crippen LogP contribution is -2.29. The number of ketones is 1. The molecule has 1 amide bonds. The zero-order chi connectivity index (χ0) is 28.0. The van der Waals surface area contributed by atoms with E-state index in [2.05, 4.69) is 10.2 Å². The summed E-state index contributed by atoms with van der Waals surface area (Å²) < 4.78 is 6.35. The van der Waals surface area contributed by atoms with Crippen molar-refractivity contribution in [2.45, 2.75) is 35.6 Å². The van der Waals surface area contributed by atoms with Gasteiger partial charge in [0.25, 0.3) is 5.78 Å². The molecule has 1 fully saturated rings. The second-order valence-corrected chi connectivity index (χ2v) is 12.0. The maximum Gasteiger partial charge on any atom is 0.301 e. The molecule has 40 heavy (non-hydrogen) atoms. The third kappa shape index (κ3) is 4.83. The summed E-state index contributed by atoms with van der Waals surface area (Å²) in [5, 5.41) is 30.9. The number of nitrogens with zero attached hydrogens (tertiary/aromatic N) is 3. The lowest BCUT2D eigenvalue weighted by molar-refractivity contribution is -0.132. The maximum absolute atomic E-state index is 13.5. The number of ether oxygens (including phenoxy) is 1. The Kier molecular flexibility index (Phi) is 6.99. The van der Waals surface area contributed by atoms with Gasteiger partial charge in [0.05, 0.1) is 11.6 Å². The number of aliphatic hydroxyl groups is 1.